The molecule has 0 N–H and O–H groups in total. The number of carbonyl (C=O) groups is 3. The molecule has 206 valence electrons. The van der Waals surface area contributed by atoms with Crippen LogP contribution in [0.4, 0.5) is 0 Å². The van der Waals surface area contributed by atoms with Crippen molar-refractivity contribution in [2.45, 2.75) is 97.4 Å². The van der Waals surface area contributed by atoms with Gasteiger partial charge in [0, 0.05) is 25.2 Å². The maximum absolute atomic E-state index is 12.7. The summed E-state index contributed by atoms with van der Waals surface area (Å²) in [7, 11) is 0. The van der Waals surface area contributed by atoms with E-state index < -0.39 is 35.2 Å². The number of epoxide rings is 1. The normalized spacial score (nSPS) is 45.6. The third-order valence-corrected chi connectivity index (χ3v) is 9.98. The van der Waals surface area contributed by atoms with Gasteiger partial charge < -0.3 is 28.4 Å². The van der Waals surface area contributed by atoms with Crippen LogP contribution in [0.5, 0.6) is 0 Å². The van der Waals surface area contributed by atoms with Crippen LogP contribution in [0, 0.1) is 34.5 Å². The number of fused-ring (bicyclic) bond motifs is 3. The van der Waals surface area contributed by atoms with E-state index in [-0.39, 0.29) is 54.1 Å². The fraction of sp³-hybridized carbons (Fsp3) is 0.821. The summed E-state index contributed by atoms with van der Waals surface area (Å²) in [6.07, 6.45) is 4.94. The van der Waals surface area contributed by atoms with Crippen molar-refractivity contribution in [1.29, 1.82) is 0 Å². The highest BCUT2D eigenvalue weighted by Gasteiger charge is 2.80. The van der Waals surface area contributed by atoms with Gasteiger partial charge in [0.15, 0.2) is 0 Å². The van der Waals surface area contributed by atoms with Gasteiger partial charge in [-0.25, -0.2) is 0 Å². The van der Waals surface area contributed by atoms with Crippen molar-refractivity contribution in [3.05, 3.63) is 12.3 Å². The van der Waals surface area contributed by atoms with Gasteiger partial charge in [-0.15, -0.1) is 0 Å². The Hall–Kier alpha value is -2.13. The molecule has 9 nitrogen and oxygen atoms in total. The van der Waals surface area contributed by atoms with Crippen LogP contribution in [-0.2, 0) is 42.8 Å². The maximum Gasteiger partial charge on any atom is 0.308 e. The molecule has 2 saturated heterocycles. The summed E-state index contributed by atoms with van der Waals surface area (Å²) in [5.41, 5.74) is -2.17. The number of ether oxygens (including phenoxy) is 6. The van der Waals surface area contributed by atoms with E-state index in [4.69, 9.17) is 28.4 Å². The van der Waals surface area contributed by atoms with E-state index in [9.17, 15) is 14.4 Å². The van der Waals surface area contributed by atoms with Crippen LogP contribution in [0.1, 0.15) is 67.2 Å². The first-order chi connectivity index (χ1) is 17.5. The molecule has 37 heavy (non-hydrogen) atoms. The first-order valence-electron chi connectivity index (χ1n) is 13.6. The molecule has 0 radical (unpaired) electrons. The van der Waals surface area contributed by atoms with Crippen molar-refractivity contribution in [3.63, 3.8) is 0 Å². The van der Waals surface area contributed by atoms with Crippen molar-refractivity contribution in [3.8, 4) is 0 Å². The Bertz CT molecular complexity index is 971. The molecule has 0 aromatic carbocycles. The van der Waals surface area contributed by atoms with Crippen LogP contribution in [0.15, 0.2) is 12.3 Å². The standard InChI is InChI=1S/C28H40O9/c1-15(2)24(31)36-21-8-7-20-26(6,22-12-19-9-10-32-25(19)37-22)16(3)11-23(35-18(5)30)27(20,13-33-17(4)29)28(21)14-34-28/h9-10,15-16,19-23,25H,7-8,11-14H2,1-6H3/t16-,19-,20-,21+,22+,23+,25+,26+,27+,28-/m1/s1. The van der Waals surface area contributed by atoms with Gasteiger partial charge in [0.1, 0.15) is 24.4 Å². The summed E-state index contributed by atoms with van der Waals surface area (Å²) in [5, 5.41) is 0. The maximum atomic E-state index is 12.7. The van der Waals surface area contributed by atoms with Crippen LogP contribution < -0.4 is 0 Å². The average Bonchev–Trinajstić information content (AvgIpc) is 3.31. The molecule has 10 atom stereocenters. The molecule has 0 bridgehead atoms. The van der Waals surface area contributed by atoms with Gasteiger partial charge in [-0.05, 0) is 43.6 Å². The minimum atomic E-state index is -0.914. The zero-order valence-electron chi connectivity index (χ0n) is 22.7. The molecule has 0 amide bonds. The smallest absolute Gasteiger partial charge is 0.308 e. The minimum Gasteiger partial charge on any atom is -0.472 e. The van der Waals surface area contributed by atoms with Gasteiger partial charge in [0.05, 0.1) is 30.3 Å². The summed E-state index contributed by atoms with van der Waals surface area (Å²) in [5.74, 6) is -1.17. The summed E-state index contributed by atoms with van der Waals surface area (Å²) in [6.45, 7) is 11.2. The fourth-order valence-corrected chi connectivity index (χ4v) is 7.89. The van der Waals surface area contributed by atoms with Gasteiger partial charge in [-0.2, -0.15) is 0 Å². The number of hydrogen-bond donors (Lipinski definition) is 0. The largest absolute Gasteiger partial charge is 0.472 e. The first-order valence-corrected chi connectivity index (χ1v) is 13.6. The third-order valence-electron chi connectivity index (χ3n) is 9.98. The lowest BCUT2D eigenvalue weighted by Gasteiger charge is -2.64. The Morgan fingerprint density at radius 1 is 1.05 bits per heavy atom. The second-order valence-electron chi connectivity index (χ2n) is 12.2. The van der Waals surface area contributed by atoms with Crippen molar-refractivity contribution >= 4 is 17.9 Å². The molecule has 5 aliphatic rings. The predicted molar refractivity (Wildman–Crippen MR) is 130 cm³/mol. The fourth-order valence-electron chi connectivity index (χ4n) is 7.89. The zero-order valence-corrected chi connectivity index (χ0v) is 22.7. The highest BCUT2D eigenvalue weighted by atomic mass is 16.7. The van der Waals surface area contributed by atoms with Crippen LogP contribution in [-0.4, -0.2) is 61.3 Å². The zero-order chi connectivity index (χ0) is 26.8. The molecule has 3 aliphatic heterocycles. The molecule has 3 heterocycles. The van der Waals surface area contributed by atoms with Crippen LogP contribution in [0.3, 0.4) is 0 Å². The lowest BCUT2D eigenvalue weighted by Crippen LogP contribution is -2.72. The molecule has 0 aromatic rings. The van der Waals surface area contributed by atoms with E-state index >= 15 is 0 Å². The van der Waals surface area contributed by atoms with Crippen molar-refractivity contribution in [2.75, 3.05) is 13.2 Å². The summed E-state index contributed by atoms with van der Waals surface area (Å²) < 4.78 is 36.4. The van der Waals surface area contributed by atoms with Gasteiger partial charge >= 0.3 is 17.9 Å². The molecular formula is C28H40O9. The topological polar surface area (TPSA) is 110 Å². The molecule has 4 fully saturated rings. The van der Waals surface area contributed by atoms with E-state index in [1.165, 1.54) is 13.8 Å². The Morgan fingerprint density at radius 2 is 1.78 bits per heavy atom. The Morgan fingerprint density at radius 3 is 2.38 bits per heavy atom. The van der Waals surface area contributed by atoms with E-state index in [0.29, 0.717) is 25.9 Å². The van der Waals surface area contributed by atoms with Crippen molar-refractivity contribution in [2.24, 2.45) is 34.5 Å². The molecule has 9 heteroatoms. The SMILES string of the molecule is CC(=O)OC[C@@]12[C@@H](OC(C)=O)C[C@@H](C)[C@](C)([C@@H]3C[C@H]4C=CO[C@H]4O3)[C@H]1CC[C@H](OC(=O)C(C)C)[C@]21CO1. The molecule has 5 rings (SSSR count). The first kappa shape index (κ1) is 26.5. The van der Waals surface area contributed by atoms with Gasteiger partial charge in [-0.1, -0.05) is 27.7 Å². The molecule has 0 aromatic heterocycles. The highest BCUT2D eigenvalue weighted by Crippen LogP contribution is 2.70. The van der Waals surface area contributed by atoms with E-state index in [1.54, 1.807) is 20.1 Å². The van der Waals surface area contributed by atoms with Crippen LogP contribution in [0.25, 0.3) is 0 Å². The van der Waals surface area contributed by atoms with E-state index in [0.717, 1.165) is 6.42 Å². The minimum absolute atomic E-state index is 0.0129. The quantitative estimate of drug-likeness (QED) is 0.295. The number of hydrogen-bond acceptors (Lipinski definition) is 9. The highest BCUT2D eigenvalue weighted by molar-refractivity contribution is 5.72. The Labute approximate surface area is 218 Å². The van der Waals surface area contributed by atoms with Gasteiger partial charge in [-0.3, -0.25) is 14.4 Å². The van der Waals surface area contributed by atoms with E-state index in [2.05, 4.69) is 19.9 Å². The van der Waals surface area contributed by atoms with Crippen molar-refractivity contribution < 1.29 is 42.8 Å². The molecule has 2 saturated carbocycles. The third kappa shape index (κ3) is 3.99. The van der Waals surface area contributed by atoms with Crippen LogP contribution >= 0.6 is 0 Å². The van der Waals surface area contributed by atoms with Gasteiger partial charge in [0.2, 0.25) is 6.29 Å². The molecule has 1 spiro atoms. The second kappa shape index (κ2) is 9.26. The van der Waals surface area contributed by atoms with E-state index in [1.807, 2.05) is 0 Å². The molecule has 2 aliphatic carbocycles. The van der Waals surface area contributed by atoms with Crippen LogP contribution in [0.2, 0.25) is 0 Å². The summed E-state index contributed by atoms with van der Waals surface area (Å²) in [4.78, 5) is 37.3. The molecular weight excluding hydrogens is 480 g/mol. The number of carbonyl (C=O) groups excluding carboxylic acids is 3. The number of esters is 3. The number of rotatable bonds is 6. The lowest BCUT2D eigenvalue weighted by atomic mass is 9.42. The Balaban J connectivity index is 1.60. The average molecular weight is 521 g/mol. The van der Waals surface area contributed by atoms with Crippen molar-refractivity contribution in [1.82, 2.24) is 0 Å². The summed E-state index contributed by atoms with van der Waals surface area (Å²) >= 11 is 0. The van der Waals surface area contributed by atoms with Gasteiger partial charge in [0.25, 0.3) is 0 Å². The predicted octanol–water partition coefficient (Wildman–Crippen LogP) is 3.54. The monoisotopic (exact) mass is 520 g/mol. The second-order valence-corrected chi connectivity index (χ2v) is 12.2. The molecule has 0 unspecified atom stereocenters. The lowest BCUT2D eigenvalue weighted by molar-refractivity contribution is -0.269. The summed E-state index contributed by atoms with van der Waals surface area (Å²) in [6, 6.07) is 0. The Kier molecular flexibility index (Phi) is 6.62.